The Morgan fingerprint density at radius 3 is 2.61 bits per heavy atom. The Morgan fingerprint density at radius 2 is 1.96 bits per heavy atom. The smallest absolute Gasteiger partial charge is 0.248 e. The lowest BCUT2D eigenvalue weighted by Gasteiger charge is -2.41. The Hall–Kier alpha value is -1.43. The molecule has 0 aromatic heterocycles. The van der Waals surface area contributed by atoms with Crippen LogP contribution in [0.15, 0.2) is 30.3 Å². The highest BCUT2D eigenvalue weighted by Crippen LogP contribution is 2.15. The molecule has 23 heavy (non-hydrogen) atoms. The Kier molecular flexibility index (Phi) is 6.57. The van der Waals surface area contributed by atoms with Gasteiger partial charge in [0.1, 0.15) is 6.10 Å². The second kappa shape index (κ2) is 8.43. The Bertz CT molecular complexity index is 484. The molecule has 1 atom stereocenters. The quantitative estimate of drug-likeness (QED) is 0.832. The molecule has 0 bridgehead atoms. The molecule has 1 aromatic carbocycles. The van der Waals surface area contributed by atoms with Gasteiger partial charge < -0.3 is 14.8 Å². The zero-order chi connectivity index (χ0) is 16.7. The van der Waals surface area contributed by atoms with Crippen molar-refractivity contribution in [3.8, 4) is 0 Å². The van der Waals surface area contributed by atoms with Crippen LogP contribution in [-0.4, -0.2) is 55.3 Å². The van der Waals surface area contributed by atoms with E-state index >= 15 is 0 Å². The van der Waals surface area contributed by atoms with Gasteiger partial charge in [-0.05, 0) is 26.3 Å². The van der Waals surface area contributed by atoms with E-state index < -0.39 is 6.10 Å². The fraction of sp³-hybridized carbons (Fsp3) is 0.611. The third-order valence-corrected chi connectivity index (χ3v) is 4.27. The van der Waals surface area contributed by atoms with Crippen LogP contribution in [0.1, 0.15) is 26.3 Å². The summed E-state index contributed by atoms with van der Waals surface area (Å²) in [4.78, 5) is 14.6. The summed E-state index contributed by atoms with van der Waals surface area (Å²) in [6.45, 7) is 10.5. The molecule has 1 unspecified atom stereocenters. The van der Waals surface area contributed by atoms with Gasteiger partial charge in [-0.3, -0.25) is 9.69 Å². The van der Waals surface area contributed by atoms with E-state index in [0.717, 1.165) is 31.9 Å². The Balaban J connectivity index is 1.74. The van der Waals surface area contributed by atoms with Crippen LogP contribution in [-0.2, 0) is 20.9 Å². The topological polar surface area (TPSA) is 50.8 Å². The van der Waals surface area contributed by atoms with Crippen LogP contribution in [0.4, 0.5) is 0 Å². The Morgan fingerprint density at radius 1 is 1.30 bits per heavy atom. The van der Waals surface area contributed by atoms with Crippen molar-refractivity contribution in [1.29, 1.82) is 0 Å². The number of hydrogen-bond donors (Lipinski definition) is 1. The first-order chi connectivity index (χ1) is 11.0. The predicted molar refractivity (Wildman–Crippen MR) is 90.2 cm³/mol. The first kappa shape index (κ1) is 17.9. The second-order valence-corrected chi connectivity index (χ2v) is 6.57. The molecule has 1 aliphatic rings. The van der Waals surface area contributed by atoms with Crippen molar-refractivity contribution >= 4 is 5.91 Å². The van der Waals surface area contributed by atoms with Gasteiger partial charge in [0, 0.05) is 25.2 Å². The minimum absolute atomic E-state index is 0.0673. The maximum Gasteiger partial charge on any atom is 0.248 e. The normalized spacial score (nSPS) is 17.7. The van der Waals surface area contributed by atoms with Crippen LogP contribution in [0.2, 0.25) is 0 Å². The summed E-state index contributed by atoms with van der Waals surface area (Å²) >= 11 is 0. The predicted octanol–water partition coefficient (Wildman–Crippen LogP) is 1.82. The zero-order valence-corrected chi connectivity index (χ0v) is 14.4. The zero-order valence-electron chi connectivity index (χ0n) is 14.4. The van der Waals surface area contributed by atoms with Gasteiger partial charge in [-0.15, -0.1) is 0 Å². The third-order valence-electron chi connectivity index (χ3n) is 4.27. The van der Waals surface area contributed by atoms with Crippen LogP contribution >= 0.6 is 0 Å². The van der Waals surface area contributed by atoms with Gasteiger partial charge in [0.25, 0.3) is 0 Å². The van der Waals surface area contributed by atoms with Gasteiger partial charge in [0.2, 0.25) is 5.91 Å². The van der Waals surface area contributed by atoms with Gasteiger partial charge in [0.05, 0.1) is 19.8 Å². The van der Waals surface area contributed by atoms with Gasteiger partial charge >= 0.3 is 0 Å². The van der Waals surface area contributed by atoms with Crippen molar-refractivity contribution in [2.75, 3.05) is 32.8 Å². The summed E-state index contributed by atoms with van der Waals surface area (Å²) in [5.41, 5.74) is 0.985. The van der Waals surface area contributed by atoms with Crippen molar-refractivity contribution in [3.63, 3.8) is 0 Å². The van der Waals surface area contributed by atoms with Crippen molar-refractivity contribution in [3.05, 3.63) is 35.9 Å². The number of morpholine rings is 1. The SMILES string of the molecule is CC(OCc1ccccc1)C(=O)NCC(C)(C)N1CCOCC1. The highest BCUT2D eigenvalue weighted by molar-refractivity contribution is 5.80. The number of ether oxygens (including phenoxy) is 2. The highest BCUT2D eigenvalue weighted by atomic mass is 16.5. The molecule has 1 N–H and O–H groups in total. The van der Waals surface area contributed by atoms with Crippen molar-refractivity contribution < 1.29 is 14.3 Å². The van der Waals surface area contributed by atoms with E-state index in [-0.39, 0.29) is 11.4 Å². The minimum Gasteiger partial charge on any atom is -0.379 e. The molecule has 0 radical (unpaired) electrons. The highest BCUT2D eigenvalue weighted by Gasteiger charge is 2.29. The summed E-state index contributed by atoms with van der Waals surface area (Å²) in [5, 5.41) is 3.01. The van der Waals surface area contributed by atoms with E-state index in [0.29, 0.717) is 13.2 Å². The standard InChI is InChI=1S/C18H28N2O3/c1-15(23-13-16-7-5-4-6-8-16)17(21)19-14-18(2,3)20-9-11-22-12-10-20/h4-8,15H,9-14H2,1-3H3,(H,19,21). The van der Waals surface area contributed by atoms with Gasteiger partial charge in [-0.25, -0.2) is 0 Å². The van der Waals surface area contributed by atoms with E-state index in [1.807, 2.05) is 30.3 Å². The molecule has 1 aliphatic heterocycles. The number of hydrogen-bond acceptors (Lipinski definition) is 4. The number of carbonyl (C=O) groups is 1. The number of benzene rings is 1. The number of rotatable bonds is 7. The van der Waals surface area contributed by atoms with Crippen LogP contribution < -0.4 is 5.32 Å². The molecule has 1 saturated heterocycles. The molecule has 0 spiro atoms. The lowest BCUT2D eigenvalue weighted by Crippen LogP contribution is -2.56. The Labute approximate surface area is 139 Å². The average Bonchev–Trinajstić information content (AvgIpc) is 2.59. The number of nitrogens with one attached hydrogen (secondary N) is 1. The van der Waals surface area contributed by atoms with E-state index in [9.17, 15) is 4.79 Å². The average molecular weight is 320 g/mol. The minimum atomic E-state index is -0.462. The summed E-state index contributed by atoms with van der Waals surface area (Å²) in [7, 11) is 0. The number of carbonyl (C=O) groups excluding carboxylic acids is 1. The van der Waals surface area contributed by atoms with E-state index in [1.54, 1.807) is 6.92 Å². The van der Waals surface area contributed by atoms with Crippen molar-refractivity contribution in [2.24, 2.45) is 0 Å². The molecule has 5 heteroatoms. The van der Waals surface area contributed by atoms with Crippen LogP contribution in [0.3, 0.4) is 0 Å². The van der Waals surface area contributed by atoms with Crippen LogP contribution in [0.25, 0.3) is 0 Å². The van der Waals surface area contributed by atoms with Gasteiger partial charge in [0.15, 0.2) is 0 Å². The van der Waals surface area contributed by atoms with Crippen molar-refractivity contribution in [1.82, 2.24) is 10.2 Å². The lowest BCUT2D eigenvalue weighted by molar-refractivity contribution is -0.133. The fourth-order valence-electron chi connectivity index (χ4n) is 2.60. The van der Waals surface area contributed by atoms with Crippen LogP contribution in [0, 0.1) is 0 Å². The third kappa shape index (κ3) is 5.61. The largest absolute Gasteiger partial charge is 0.379 e. The molecule has 128 valence electrons. The molecule has 1 aromatic rings. The molecule has 0 saturated carbocycles. The van der Waals surface area contributed by atoms with Gasteiger partial charge in [-0.1, -0.05) is 30.3 Å². The summed E-state index contributed by atoms with van der Waals surface area (Å²) in [5.74, 6) is -0.0673. The second-order valence-electron chi connectivity index (χ2n) is 6.57. The van der Waals surface area contributed by atoms with Gasteiger partial charge in [-0.2, -0.15) is 0 Å². The summed E-state index contributed by atoms with van der Waals surface area (Å²) in [6, 6.07) is 9.88. The van der Waals surface area contributed by atoms with Crippen LogP contribution in [0.5, 0.6) is 0 Å². The number of nitrogens with zero attached hydrogens (tertiary/aromatic N) is 1. The molecule has 1 fully saturated rings. The fourth-order valence-corrected chi connectivity index (χ4v) is 2.60. The molecule has 1 heterocycles. The maximum atomic E-state index is 12.2. The van der Waals surface area contributed by atoms with E-state index in [2.05, 4.69) is 24.1 Å². The van der Waals surface area contributed by atoms with Crippen molar-refractivity contribution in [2.45, 2.75) is 39.0 Å². The molecule has 5 nitrogen and oxygen atoms in total. The molecule has 2 rings (SSSR count). The number of amides is 1. The molecular weight excluding hydrogens is 292 g/mol. The first-order valence-electron chi connectivity index (χ1n) is 8.25. The molecule has 0 aliphatic carbocycles. The lowest BCUT2D eigenvalue weighted by atomic mass is 10.0. The van der Waals surface area contributed by atoms with E-state index in [4.69, 9.17) is 9.47 Å². The van der Waals surface area contributed by atoms with E-state index in [1.165, 1.54) is 0 Å². The maximum absolute atomic E-state index is 12.2. The summed E-state index contributed by atoms with van der Waals surface area (Å²) in [6.07, 6.45) is -0.462. The summed E-state index contributed by atoms with van der Waals surface area (Å²) < 4.78 is 11.0. The monoisotopic (exact) mass is 320 g/mol. The molecule has 1 amide bonds. The molecular formula is C18H28N2O3. The first-order valence-corrected chi connectivity index (χ1v) is 8.25.